The number of fused-ring (bicyclic) bond motifs is 1. The number of nitrogens with two attached hydrogens (primary N) is 1. The van der Waals surface area contributed by atoms with E-state index >= 15 is 0 Å². The largest absolute Gasteiger partial charge is 0.480 e. The number of carbonyl (C=O) groups is 1. The van der Waals surface area contributed by atoms with Gasteiger partial charge >= 0.3 is 5.97 Å². The van der Waals surface area contributed by atoms with Gasteiger partial charge in [-0.2, -0.15) is 0 Å². The topological polar surface area (TPSA) is 63.3 Å². The summed E-state index contributed by atoms with van der Waals surface area (Å²) in [6.07, 6.45) is 0. The highest BCUT2D eigenvalue weighted by atomic mass is 32.1. The lowest BCUT2D eigenvalue weighted by Crippen LogP contribution is -2.41. The van der Waals surface area contributed by atoms with Crippen LogP contribution in [0.5, 0.6) is 0 Å². The fourth-order valence-electron chi connectivity index (χ4n) is 1.50. The molecule has 0 saturated heterocycles. The summed E-state index contributed by atoms with van der Waals surface area (Å²) >= 11 is 1.51. The van der Waals surface area contributed by atoms with Crippen molar-refractivity contribution in [3.8, 4) is 0 Å². The van der Waals surface area contributed by atoms with Crippen LogP contribution >= 0.6 is 11.3 Å². The van der Waals surface area contributed by atoms with Gasteiger partial charge in [0.05, 0.1) is 0 Å². The van der Waals surface area contributed by atoms with Gasteiger partial charge in [-0.3, -0.25) is 0 Å². The molecule has 1 atom stereocenters. The average Bonchev–Trinajstić information content (AvgIpc) is 2.61. The molecule has 1 aromatic carbocycles. The van der Waals surface area contributed by atoms with Crippen LogP contribution in [0.15, 0.2) is 29.6 Å². The molecule has 4 heteroatoms. The van der Waals surface area contributed by atoms with Gasteiger partial charge in [0, 0.05) is 10.3 Å². The number of carboxylic acid groups (broad SMARTS) is 1. The van der Waals surface area contributed by atoms with E-state index < -0.39 is 11.5 Å². The molecule has 0 bridgehead atoms. The van der Waals surface area contributed by atoms with Gasteiger partial charge in [-0.15, -0.1) is 11.3 Å². The fourth-order valence-corrected chi connectivity index (χ4v) is 2.57. The predicted octanol–water partition coefficient (Wildman–Crippen LogP) is 2.16. The third-order valence-corrected chi connectivity index (χ3v) is 3.45. The van der Waals surface area contributed by atoms with Crippen molar-refractivity contribution in [3.05, 3.63) is 35.2 Å². The highest BCUT2D eigenvalue weighted by molar-refractivity contribution is 7.17. The summed E-state index contributed by atoms with van der Waals surface area (Å²) in [4.78, 5) is 11.0. The first-order valence-electron chi connectivity index (χ1n) is 4.52. The number of thiophene rings is 1. The third kappa shape index (κ3) is 1.52. The summed E-state index contributed by atoms with van der Waals surface area (Å²) in [5.74, 6) is -1.01. The molecular formula is C11H11NO2S. The van der Waals surface area contributed by atoms with E-state index in [1.165, 1.54) is 18.3 Å². The van der Waals surface area contributed by atoms with Crippen molar-refractivity contribution in [2.45, 2.75) is 12.5 Å². The van der Waals surface area contributed by atoms with Gasteiger partial charge < -0.3 is 10.8 Å². The molecule has 0 amide bonds. The van der Waals surface area contributed by atoms with Crippen molar-refractivity contribution in [2.75, 3.05) is 0 Å². The van der Waals surface area contributed by atoms with E-state index in [1.807, 2.05) is 29.6 Å². The van der Waals surface area contributed by atoms with Crippen LogP contribution in [0.4, 0.5) is 0 Å². The first-order chi connectivity index (χ1) is 7.03. The van der Waals surface area contributed by atoms with Crippen LogP contribution in [0, 0.1) is 0 Å². The van der Waals surface area contributed by atoms with Gasteiger partial charge in [0.1, 0.15) is 5.54 Å². The smallest absolute Gasteiger partial charge is 0.328 e. The zero-order valence-electron chi connectivity index (χ0n) is 8.23. The number of aliphatic carboxylic acids is 1. The fraction of sp³-hybridized carbons (Fsp3) is 0.182. The Morgan fingerprint density at radius 2 is 2.13 bits per heavy atom. The van der Waals surface area contributed by atoms with Crippen molar-refractivity contribution in [3.63, 3.8) is 0 Å². The maximum atomic E-state index is 11.0. The molecule has 1 heterocycles. The zero-order chi connectivity index (χ0) is 11.1. The molecule has 0 unspecified atom stereocenters. The van der Waals surface area contributed by atoms with Crippen molar-refractivity contribution in [1.29, 1.82) is 0 Å². The van der Waals surface area contributed by atoms with E-state index in [-0.39, 0.29) is 0 Å². The van der Waals surface area contributed by atoms with E-state index in [0.717, 1.165) is 10.1 Å². The van der Waals surface area contributed by atoms with Crippen molar-refractivity contribution in [2.24, 2.45) is 5.73 Å². The van der Waals surface area contributed by atoms with Crippen LogP contribution in [0.25, 0.3) is 10.1 Å². The lowest BCUT2D eigenvalue weighted by atomic mass is 9.93. The van der Waals surface area contributed by atoms with Gasteiger partial charge in [-0.05, 0) is 23.8 Å². The van der Waals surface area contributed by atoms with E-state index in [1.54, 1.807) is 0 Å². The van der Waals surface area contributed by atoms with E-state index in [9.17, 15) is 4.79 Å². The molecule has 0 spiro atoms. The van der Waals surface area contributed by atoms with Gasteiger partial charge in [0.2, 0.25) is 0 Å². The third-order valence-electron chi connectivity index (χ3n) is 2.48. The normalized spacial score (nSPS) is 15.1. The maximum Gasteiger partial charge on any atom is 0.328 e. The van der Waals surface area contributed by atoms with Gasteiger partial charge in [-0.1, -0.05) is 18.2 Å². The molecule has 2 aromatic rings. The first-order valence-corrected chi connectivity index (χ1v) is 5.40. The molecule has 78 valence electrons. The molecule has 0 saturated carbocycles. The summed E-state index contributed by atoms with van der Waals surface area (Å²) in [6, 6.07) is 7.67. The lowest BCUT2D eigenvalue weighted by molar-refractivity contribution is -0.142. The van der Waals surface area contributed by atoms with Gasteiger partial charge in [-0.25, -0.2) is 4.79 Å². The maximum absolute atomic E-state index is 11.0. The second kappa shape index (κ2) is 3.32. The van der Waals surface area contributed by atoms with E-state index in [0.29, 0.717) is 5.56 Å². The molecule has 3 nitrogen and oxygen atoms in total. The van der Waals surface area contributed by atoms with Crippen LogP contribution < -0.4 is 5.73 Å². The van der Waals surface area contributed by atoms with E-state index in [2.05, 4.69) is 0 Å². The van der Waals surface area contributed by atoms with Crippen LogP contribution in [0.1, 0.15) is 12.5 Å². The molecule has 3 N–H and O–H groups in total. The Kier molecular flexibility index (Phi) is 2.25. The molecule has 0 aliphatic carbocycles. The number of carboxylic acids is 1. The van der Waals surface area contributed by atoms with Crippen molar-refractivity contribution >= 4 is 27.4 Å². The molecule has 0 radical (unpaired) electrons. The molecular weight excluding hydrogens is 210 g/mol. The quantitative estimate of drug-likeness (QED) is 0.816. The summed E-state index contributed by atoms with van der Waals surface area (Å²) in [5.41, 5.74) is 5.16. The second-order valence-corrected chi connectivity index (χ2v) is 4.56. The van der Waals surface area contributed by atoms with Crippen LogP contribution in [-0.4, -0.2) is 11.1 Å². The number of benzene rings is 1. The Morgan fingerprint density at radius 1 is 1.47 bits per heavy atom. The van der Waals surface area contributed by atoms with Crippen LogP contribution in [0.2, 0.25) is 0 Å². The van der Waals surface area contributed by atoms with Crippen LogP contribution in [-0.2, 0) is 10.3 Å². The minimum atomic E-state index is -1.32. The lowest BCUT2D eigenvalue weighted by Gasteiger charge is -2.18. The summed E-state index contributed by atoms with van der Waals surface area (Å²) in [5, 5.41) is 11.8. The molecule has 2 rings (SSSR count). The Labute approximate surface area is 91.1 Å². The van der Waals surface area contributed by atoms with Crippen molar-refractivity contribution in [1.82, 2.24) is 0 Å². The minimum absolute atomic E-state index is 0.676. The Bertz CT molecular complexity index is 516. The van der Waals surface area contributed by atoms with Gasteiger partial charge in [0.15, 0.2) is 0 Å². The monoisotopic (exact) mass is 221 g/mol. The summed E-state index contributed by atoms with van der Waals surface area (Å²) in [6.45, 7) is 1.52. The van der Waals surface area contributed by atoms with Gasteiger partial charge in [0.25, 0.3) is 0 Å². The Balaban J connectivity index is 2.67. The molecule has 0 aliphatic heterocycles. The predicted molar refractivity (Wildman–Crippen MR) is 61.0 cm³/mol. The molecule has 0 fully saturated rings. The standard InChI is InChI=1S/C11H11NO2S/c1-11(12,10(13)14)8-6-15-9-5-3-2-4-7(8)9/h2-6H,12H2,1H3,(H,13,14)/t11-/m1/s1. The first kappa shape index (κ1) is 10.1. The minimum Gasteiger partial charge on any atom is -0.480 e. The number of hydrogen-bond acceptors (Lipinski definition) is 3. The van der Waals surface area contributed by atoms with Crippen molar-refractivity contribution < 1.29 is 9.90 Å². The summed E-state index contributed by atoms with van der Waals surface area (Å²) in [7, 11) is 0. The Hall–Kier alpha value is -1.39. The SMILES string of the molecule is C[C@](N)(C(=O)O)c1csc2ccccc12. The zero-order valence-corrected chi connectivity index (χ0v) is 9.04. The molecule has 1 aromatic heterocycles. The highest BCUT2D eigenvalue weighted by Crippen LogP contribution is 2.32. The number of hydrogen-bond donors (Lipinski definition) is 2. The highest BCUT2D eigenvalue weighted by Gasteiger charge is 2.32. The van der Waals surface area contributed by atoms with Crippen LogP contribution in [0.3, 0.4) is 0 Å². The molecule has 15 heavy (non-hydrogen) atoms. The second-order valence-electron chi connectivity index (χ2n) is 3.65. The Morgan fingerprint density at radius 3 is 2.80 bits per heavy atom. The average molecular weight is 221 g/mol. The molecule has 0 aliphatic rings. The number of rotatable bonds is 2. The summed E-state index contributed by atoms with van der Waals surface area (Å²) < 4.78 is 1.06. The van der Waals surface area contributed by atoms with E-state index in [4.69, 9.17) is 10.8 Å².